The van der Waals surface area contributed by atoms with Gasteiger partial charge in [-0.2, -0.15) is 4.31 Å². The summed E-state index contributed by atoms with van der Waals surface area (Å²) in [6.45, 7) is 3.13. The number of piperidine rings is 1. The Morgan fingerprint density at radius 1 is 1.00 bits per heavy atom. The number of benzene rings is 1. The van der Waals surface area contributed by atoms with Gasteiger partial charge in [-0.3, -0.25) is 9.59 Å². The van der Waals surface area contributed by atoms with Gasteiger partial charge in [0.05, 0.1) is 4.90 Å². The van der Waals surface area contributed by atoms with Crippen LogP contribution in [0.5, 0.6) is 0 Å². The monoisotopic (exact) mass is 461 g/mol. The summed E-state index contributed by atoms with van der Waals surface area (Å²) in [5.41, 5.74) is 2.36. The predicted octanol–water partition coefficient (Wildman–Crippen LogP) is 3.05. The summed E-state index contributed by atoms with van der Waals surface area (Å²) in [4.78, 5) is 24.5. The quantitative estimate of drug-likeness (QED) is 0.459. The number of rotatable bonds is 8. The van der Waals surface area contributed by atoms with Crippen LogP contribution in [-0.2, 0) is 19.6 Å². The highest BCUT2D eigenvalue weighted by Gasteiger charge is 2.33. The first kappa shape index (κ1) is 24.5. The molecule has 1 aromatic rings. The van der Waals surface area contributed by atoms with E-state index in [4.69, 9.17) is 0 Å². The van der Waals surface area contributed by atoms with E-state index in [-0.39, 0.29) is 12.6 Å². The maximum Gasteiger partial charge on any atom is 0.309 e. The Balaban J connectivity index is 1.46. The summed E-state index contributed by atoms with van der Waals surface area (Å²) in [6, 6.07) is 6.71. The van der Waals surface area contributed by atoms with Gasteiger partial charge in [0.2, 0.25) is 10.0 Å². The lowest BCUT2D eigenvalue weighted by molar-refractivity contribution is -0.139. The third-order valence-corrected chi connectivity index (χ3v) is 8.25. The number of allylic oxidation sites excluding steroid dienone is 1. The van der Waals surface area contributed by atoms with Gasteiger partial charge in [0.25, 0.3) is 0 Å². The van der Waals surface area contributed by atoms with Crippen molar-refractivity contribution in [2.75, 3.05) is 19.6 Å². The second kappa shape index (κ2) is 11.6. The number of hydrogen-bond donors (Lipinski definition) is 2. The lowest BCUT2D eigenvalue weighted by atomic mass is 9.97. The highest BCUT2D eigenvalue weighted by Crippen LogP contribution is 2.27. The summed E-state index contributed by atoms with van der Waals surface area (Å²) < 4.78 is 27.8. The van der Waals surface area contributed by atoms with Crippen molar-refractivity contribution >= 4 is 21.8 Å². The van der Waals surface area contributed by atoms with Gasteiger partial charge < -0.3 is 10.6 Å². The number of nitrogens with zero attached hydrogens (tertiary/aromatic N) is 1. The third-order valence-electron chi connectivity index (χ3n) is 6.29. The maximum absolute atomic E-state index is 13.1. The molecule has 0 unspecified atom stereocenters. The van der Waals surface area contributed by atoms with E-state index in [1.807, 2.05) is 6.92 Å². The van der Waals surface area contributed by atoms with E-state index < -0.39 is 21.8 Å². The van der Waals surface area contributed by atoms with Crippen molar-refractivity contribution in [3.63, 3.8) is 0 Å². The summed E-state index contributed by atoms with van der Waals surface area (Å²) in [6.07, 6.45) is 10.6. The number of carbonyl (C=O) groups excluding carboxylic acids is 2. The Hall–Kier alpha value is -2.19. The van der Waals surface area contributed by atoms with Crippen LogP contribution in [0.15, 0.2) is 40.8 Å². The summed E-state index contributed by atoms with van der Waals surface area (Å²) >= 11 is 0. The molecule has 7 nitrogen and oxygen atoms in total. The molecule has 32 heavy (non-hydrogen) atoms. The molecule has 3 rings (SSSR count). The van der Waals surface area contributed by atoms with Crippen LogP contribution in [0.4, 0.5) is 0 Å². The van der Waals surface area contributed by atoms with Gasteiger partial charge in [-0.1, -0.05) is 35.8 Å². The molecule has 0 radical (unpaired) electrons. The molecule has 1 aromatic carbocycles. The van der Waals surface area contributed by atoms with E-state index in [9.17, 15) is 18.0 Å². The van der Waals surface area contributed by atoms with Crippen molar-refractivity contribution in [3.8, 4) is 0 Å². The van der Waals surface area contributed by atoms with Gasteiger partial charge >= 0.3 is 11.8 Å². The molecule has 0 spiro atoms. The largest absolute Gasteiger partial charge is 0.348 e. The number of carbonyl (C=O) groups is 2. The molecular weight excluding hydrogens is 426 g/mol. The zero-order chi connectivity index (χ0) is 23.0. The van der Waals surface area contributed by atoms with Crippen LogP contribution < -0.4 is 10.6 Å². The van der Waals surface area contributed by atoms with Crippen molar-refractivity contribution in [1.82, 2.24) is 14.9 Å². The molecule has 2 aliphatic rings. The summed E-state index contributed by atoms with van der Waals surface area (Å²) in [5.74, 6) is -1.29. The highest BCUT2D eigenvalue weighted by molar-refractivity contribution is 7.89. The van der Waals surface area contributed by atoms with Crippen molar-refractivity contribution in [3.05, 3.63) is 41.5 Å². The molecule has 1 saturated heterocycles. The van der Waals surface area contributed by atoms with E-state index in [0.29, 0.717) is 24.4 Å². The van der Waals surface area contributed by atoms with Gasteiger partial charge in [-0.05, 0) is 70.4 Å². The van der Waals surface area contributed by atoms with Crippen LogP contribution >= 0.6 is 0 Å². The molecule has 8 heteroatoms. The Bertz CT molecular complexity index is 925. The first-order chi connectivity index (χ1) is 15.4. The van der Waals surface area contributed by atoms with Gasteiger partial charge in [0, 0.05) is 25.7 Å². The molecule has 1 heterocycles. The molecule has 1 atom stereocenters. The van der Waals surface area contributed by atoms with E-state index in [1.54, 1.807) is 28.6 Å². The third kappa shape index (κ3) is 6.65. The minimum absolute atomic E-state index is 0.184. The van der Waals surface area contributed by atoms with Crippen LogP contribution in [0.2, 0.25) is 0 Å². The van der Waals surface area contributed by atoms with Crippen LogP contribution in [0.25, 0.3) is 0 Å². The minimum Gasteiger partial charge on any atom is -0.348 e. The van der Waals surface area contributed by atoms with Crippen LogP contribution in [0.3, 0.4) is 0 Å². The Kier molecular flexibility index (Phi) is 8.87. The Morgan fingerprint density at radius 3 is 2.41 bits per heavy atom. The van der Waals surface area contributed by atoms with Crippen molar-refractivity contribution in [1.29, 1.82) is 0 Å². The SMILES string of the molecule is Cc1ccc(S(=O)(=O)N2CCCC[C@@H]2CCNC(=O)C(=O)NCCC2=CCCCC2)cc1. The predicted molar refractivity (Wildman–Crippen MR) is 125 cm³/mol. The zero-order valence-electron chi connectivity index (χ0n) is 18.9. The number of hydrogen-bond acceptors (Lipinski definition) is 4. The fourth-order valence-corrected chi connectivity index (χ4v) is 6.13. The molecule has 2 amide bonds. The topological polar surface area (TPSA) is 95.6 Å². The molecule has 0 bridgehead atoms. The van der Waals surface area contributed by atoms with E-state index in [0.717, 1.165) is 44.1 Å². The Labute approximate surface area is 191 Å². The zero-order valence-corrected chi connectivity index (χ0v) is 19.8. The molecule has 0 aromatic heterocycles. The minimum atomic E-state index is -3.58. The lowest BCUT2D eigenvalue weighted by Crippen LogP contribution is -2.46. The second-order valence-corrected chi connectivity index (χ2v) is 10.6. The van der Waals surface area contributed by atoms with Gasteiger partial charge in [0.15, 0.2) is 0 Å². The van der Waals surface area contributed by atoms with Crippen molar-refractivity contribution < 1.29 is 18.0 Å². The standard InChI is InChI=1S/C24H35N3O4S/c1-19-10-12-22(13-11-19)32(30,31)27-18-6-5-9-21(27)15-17-26-24(29)23(28)25-16-14-20-7-3-2-4-8-20/h7,10-13,21H,2-6,8-9,14-18H2,1H3,(H,25,28)(H,26,29)/t21-/m1/s1. The van der Waals surface area contributed by atoms with Crippen molar-refractivity contribution in [2.24, 2.45) is 0 Å². The fraction of sp³-hybridized carbons (Fsp3) is 0.583. The number of amides is 2. The van der Waals surface area contributed by atoms with E-state index in [2.05, 4.69) is 16.7 Å². The molecule has 1 aliphatic carbocycles. The first-order valence-corrected chi connectivity index (χ1v) is 13.1. The summed E-state index contributed by atoms with van der Waals surface area (Å²) in [5, 5.41) is 5.33. The maximum atomic E-state index is 13.1. The fourth-order valence-electron chi connectivity index (χ4n) is 4.41. The molecular formula is C24H35N3O4S. The first-order valence-electron chi connectivity index (χ1n) is 11.7. The van der Waals surface area contributed by atoms with Crippen LogP contribution in [0, 0.1) is 6.92 Å². The van der Waals surface area contributed by atoms with Crippen molar-refractivity contribution in [2.45, 2.75) is 75.6 Å². The second-order valence-electron chi connectivity index (χ2n) is 8.74. The number of nitrogens with one attached hydrogen (secondary N) is 2. The average Bonchev–Trinajstić information content (AvgIpc) is 2.80. The molecule has 0 saturated carbocycles. The van der Waals surface area contributed by atoms with Crippen LogP contribution in [-0.4, -0.2) is 50.2 Å². The molecule has 1 aliphatic heterocycles. The average molecular weight is 462 g/mol. The normalized spacial score (nSPS) is 19.8. The molecule has 176 valence electrons. The van der Waals surface area contributed by atoms with E-state index >= 15 is 0 Å². The van der Waals surface area contributed by atoms with Crippen LogP contribution in [0.1, 0.15) is 63.4 Å². The number of sulfonamides is 1. The molecule has 1 fully saturated rings. The van der Waals surface area contributed by atoms with Gasteiger partial charge in [0.1, 0.15) is 0 Å². The lowest BCUT2D eigenvalue weighted by Gasteiger charge is -2.34. The smallest absolute Gasteiger partial charge is 0.309 e. The number of aryl methyl sites for hydroxylation is 1. The van der Waals surface area contributed by atoms with E-state index in [1.165, 1.54) is 18.4 Å². The molecule has 2 N–H and O–H groups in total. The Morgan fingerprint density at radius 2 is 1.72 bits per heavy atom. The summed E-state index contributed by atoms with van der Waals surface area (Å²) in [7, 11) is -3.58. The highest BCUT2D eigenvalue weighted by atomic mass is 32.2. The van der Waals surface area contributed by atoms with Gasteiger partial charge in [-0.25, -0.2) is 8.42 Å². The van der Waals surface area contributed by atoms with Gasteiger partial charge in [-0.15, -0.1) is 0 Å².